The van der Waals surface area contributed by atoms with Gasteiger partial charge >= 0.3 is 0 Å². The van der Waals surface area contributed by atoms with E-state index < -0.39 is 0 Å². The lowest BCUT2D eigenvalue weighted by atomic mass is 10.1. The molecule has 56 valence electrons. The zero-order valence-electron chi connectivity index (χ0n) is 6.39. The fourth-order valence-corrected chi connectivity index (χ4v) is 0.573. The van der Waals surface area contributed by atoms with Crippen molar-refractivity contribution in [2.45, 2.75) is 26.7 Å². The molecule has 0 fully saturated rings. The summed E-state index contributed by atoms with van der Waals surface area (Å²) >= 11 is 0. The second kappa shape index (κ2) is 4.91. The number of ketones is 1. The molecule has 2 nitrogen and oxygen atoms in total. The highest BCUT2D eigenvalue weighted by atomic mass is 16.1. The summed E-state index contributed by atoms with van der Waals surface area (Å²) in [5.74, 6) is 0.165. The average Bonchev–Trinajstić information content (AvgIpc) is 1.85. The van der Waals surface area contributed by atoms with E-state index in [2.05, 4.69) is 0 Å². The number of aldehydes is 1. The first kappa shape index (κ1) is 9.08. The second-order valence-corrected chi connectivity index (χ2v) is 2.35. The SMILES string of the molecule is CC(=O)CCC(C)=CC=O. The Hall–Kier alpha value is -0.920. The van der Waals surface area contributed by atoms with E-state index in [0.29, 0.717) is 12.8 Å². The van der Waals surface area contributed by atoms with Crippen LogP contribution in [0.1, 0.15) is 26.7 Å². The number of hydrogen-bond acceptors (Lipinski definition) is 2. The molecule has 10 heavy (non-hydrogen) atoms. The van der Waals surface area contributed by atoms with Gasteiger partial charge in [-0.3, -0.25) is 4.79 Å². The summed E-state index contributed by atoms with van der Waals surface area (Å²) in [6.45, 7) is 3.39. The van der Waals surface area contributed by atoms with Gasteiger partial charge in [-0.1, -0.05) is 5.57 Å². The highest BCUT2D eigenvalue weighted by Crippen LogP contribution is 2.02. The van der Waals surface area contributed by atoms with Crippen molar-refractivity contribution < 1.29 is 9.59 Å². The standard InChI is InChI=1S/C8H12O2/c1-7(5-6-9)3-4-8(2)10/h5-6H,3-4H2,1-2H3. The summed E-state index contributed by atoms with van der Waals surface area (Å²) in [4.78, 5) is 20.3. The van der Waals surface area contributed by atoms with Crippen LogP contribution < -0.4 is 0 Å². The van der Waals surface area contributed by atoms with Gasteiger partial charge in [0.2, 0.25) is 0 Å². The number of rotatable bonds is 4. The Morgan fingerprint density at radius 3 is 2.30 bits per heavy atom. The molecular formula is C8H12O2. The van der Waals surface area contributed by atoms with Crippen molar-refractivity contribution in [1.29, 1.82) is 0 Å². The van der Waals surface area contributed by atoms with E-state index in [1.807, 2.05) is 6.92 Å². The number of Topliss-reactive ketones (excluding diaryl/α,β-unsaturated/α-hetero) is 1. The summed E-state index contributed by atoms with van der Waals surface area (Å²) in [6.07, 6.45) is 3.47. The van der Waals surface area contributed by atoms with Gasteiger partial charge in [-0.25, -0.2) is 0 Å². The maximum absolute atomic E-state index is 10.4. The molecule has 0 heterocycles. The fraction of sp³-hybridized carbons (Fsp3) is 0.500. The molecule has 0 saturated heterocycles. The highest BCUT2D eigenvalue weighted by Gasteiger charge is 1.93. The Morgan fingerprint density at radius 2 is 1.90 bits per heavy atom. The van der Waals surface area contributed by atoms with Crippen molar-refractivity contribution >= 4 is 12.1 Å². The van der Waals surface area contributed by atoms with Gasteiger partial charge in [0.25, 0.3) is 0 Å². The molecule has 0 spiro atoms. The number of allylic oxidation sites excluding steroid dienone is 2. The van der Waals surface area contributed by atoms with Crippen molar-refractivity contribution in [2.75, 3.05) is 0 Å². The second-order valence-electron chi connectivity index (χ2n) is 2.35. The average molecular weight is 140 g/mol. The fourth-order valence-electron chi connectivity index (χ4n) is 0.573. The molecule has 0 aromatic heterocycles. The largest absolute Gasteiger partial charge is 0.300 e. The first-order chi connectivity index (χ1) is 4.66. The molecule has 0 atom stereocenters. The van der Waals surface area contributed by atoms with E-state index in [1.165, 1.54) is 6.08 Å². The monoisotopic (exact) mass is 140 g/mol. The first-order valence-corrected chi connectivity index (χ1v) is 3.27. The van der Waals surface area contributed by atoms with Crippen LogP contribution >= 0.6 is 0 Å². The predicted octanol–water partition coefficient (Wildman–Crippen LogP) is 1.50. The third-order valence-electron chi connectivity index (χ3n) is 1.22. The summed E-state index contributed by atoms with van der Waals surface area (Å²) in [7, 11) is 0. The smallest absolute Gasteiger partial charge is 0.142 e. The van der Waals surface area contributed by atoms with Gasteiger partial charge in [0.05, 0.1) is 0 Å². The van der Waals surface area contributed by atoms with Gasteiger partial charge in [-0.05, 0) is 26.3 Å². The Kier molecular flexibility index (Phi) is 4.46. The zero-order valence-corrected chi connectivity index (χ0v) is 6.39. The Labute approximate surface area is 60.9 Å². The maximum atomic E-state index is 10.4. The quantitative estimate of drug-likeness (QED) is 0.438. The molecular weight excluding hydrogens is 128 g/mol. The molecule has 0 amide bonds. The van der Waals surface area contributed by atoms with E-state index in [4.69, 9.17) is 0 Å². The normalized spacial score (nSPS) is 11.2. The molecule has 0 aliphatic carbocycles. The molecule has 0 bridgehead atoms. The molecule has 0 aromatic rings. The van der Waals surface area contributed by atoms with Crippen LogP contribution in [-0.2, 0) is 9.59 Å². The van der Waals surface area contributed by atoms with Gasteiger partial charge in [-0.15, -0.1) is 0 Å². The van der Waals surface area contributed by atoms with Gasteiger partial charge in [-0.2, -0.15) is 0 Å². The molecule has 0 aliphatic heterocycles. The molecule has 0 radical (unpaired) electrons. The Balaban J connectivity index is 3.58. The lowest BCUT2D eigenvalue weighted by Crippen LogP contribution is -1.89. The van der Waals surface area contributed by atoms with Crippen molar-refractivity contribution in [2.24, 2.45) is 0 Å². The van der Waals surface area contributed by atoms with Crippen LogP contribution in [0.5, 0.6) is 0 Å². The minimum Gasteiger partial charge on any atom is -0.300 e. The molecule has 0 aliphatic rings. The van der Waals surface area contributed by atoms with Gasteiger partial charge in [0.15, 0.2) is 0 Å². The van der Waals surface area contributed by atoms with Crippen molar-refractivity contribution in [1.82, 2.24) is 0 Å². The lowest BCUT2D eigenvalue weighted by Gasteiger charge is -1.93. The minimum atomic E-state index is 0.165. The topological polar surface area (TPSA) is 34.1 Å². The summed E-state index contributed by atoms with van der Waals surface area (Å²) in [5.41, 5.74) is 0.963. The Bertz CT molecular complexity index is 157. The summed E-state index contributed by atoms with van der Waals surface area (Å²) in [6, 6.07) is 0. The van der Waals surface area contributed by atoms with Gasteiger partial charge < -0.3 is 4.79 Å². The van der Waals surface area contributed by atoms with Crippen LogP contribution in [0.25, 0.3) is 0 Å². The van der Waals surface area contributed by atoms with Crippen LogP contribution in [0.3, 0.4) is 0 Å². The lowest BCUT2D eigenvalue weighted by molar-refractivity contribution is -0.117. The molecule has 0 unspecified atom stereocenters. The summed E-state index contributed by atoms with van der Waals surface area (Å²) in [5, 5.41) is 0. The maximum Gasteiger partial charge on any atom is 0.142 e. The van der Waals surface area contributed by atoms with E-state index >= 15 is 0 Å². The first-order valence-electron chi connectivity index (χ1n) is 3.27. The van der Waals surface area contributed by atoms with Crippen LogP contribution in [0.2, 0.25) is 0 Å². The molecule has 0 rings (SSSR count). The van der Waals surface area contributed by atoms with Crippen LogP contribution in [0.15, 0.2) is 11.6 Å². The van der Waals surface area contributed by atoms with Crippen molar-refractivity contribution in [3.8, 4) is 0 Å². The zero-order chi connectivity index (χ0) is 7.98. The highest BCUT2D eigenvalue weighted by molar-refractivity contribution is 5.76. The molecule has 0 saturated carbocycles. The van der Waals surface area contributed by atoms with E-state index in [0.717, 1.165) is 11.9 Å². The third-order valence-corrected chi connectivity index (χ3v) is 1.22. The van der Waals surface area contributed by atoms with Crippen molar-refractivity contribution in [3.05, 3.63) is 11.6 Å². The number of hydrogen-bond donors (Lipinski definition) is 0. The predicted molar refractivity (Wildman–Crippen MR) is 39.7 cm³/mol. The third kappa shape index (κ3) is 5.22. The van der Waals surface area contributed by atoms with E-state index in [1.54, 1.807) is 6.92 Å². The van der Waals surface area contributed by atoms with Gasteiger partial charge in [0, 0.05) is 6.42 Å². The van der Waals surface area contributed by atoms with Crippen molar-refractivity contribution in [3.63, 3.8) is 0 Å². The van der Waals surface area contributed by atoms with Gasteiger partial charge in [0.1, 0.15) is 12.1 Å². The number of carbonyl (C=O) groups excluding carboxylic acids is 2. The minimum absolute atomic E-state index is 0.165. The molecule has 0 aromatic carbocycles. The number of carbonyl (C=O) groups is 2. The van der Waals surface area contributed by atoms with E-state index in [9.17, 15) is 9.59 Å². The van der Waals surface area contributed by atoms with Crippen LogP contribution in [0.4, 0.5) is 0 Å². The Morgan fingerprint density at radius 1 is 1.30 bits per heavy atom. The van der Waals surface area contributed by atoms with E-state index in [-0.39, 0.29) is 5.78 Å². The van der Waals surface area contributed by atoms with Crippen LogP contribution in [-0.4, -0.2) is 12.1 Å². The van der Waals surface area contributed by atoms with Crippen LogP contribution in [0, 0.1) is 0 Å². The molecule has 2 heteroatoms. The molecule has 0 N–H and O–H groups in total. The summed E-state index contributed by atoms with van der Waals surface area (Å²) < 4.78 is 0.